The van der Waals surface area contributed by atoms with E-state index in [-0.39, 0.29) is 6.61 Å². The Bertz CT molecular complexity index is 1070. The topological polar surface area (TPSA) is 65.7 Å². The van der Waals surface area contributed by atoms with E-state index < -0.39 is 11.9 Å². The zero-order chi connectivity index (χ0) is 20.3. The van der Waals surface area contributed by atoms with Crippen LogP contribution in [0.2, 0.25) is 0 Å². The molecule has 0 saturated carbocycles. The van der Waals surface area contributed by atoms with Gasteiger partial charge in [-0.25, -0.2) is 9.59 Å². The Morgan fingerprint density at radius 3 is 2.18 bits per heavy atom. The summed E-state index contributed by atoms with van der Waals surface area (Å²) in [7, 11) is 0. The van der Waals surface area contributed by atoms with E-state index >= 15 is 0 Å². The number of carbonyl (C=O) groups excluding carboxylic acids is 2. The highest BCUT2D eigenvalue weighted by Gasteiger charge is 2.10. The summed E-state index contributed by atoms with van der Waals surface area (Å²) >= 11 is 0. The van der Waals surface area contributed by atoms with Gasteiger partial charge in [-0.3, -0.25) is 0 Å². The Labute approximate surface area is 162 Å². The zero-order valence-electron chi connectivity index (χ0n) is 15.8. The molecule has 0 aliphatic rings. The molecule has 28 heavy (non-hydrogen) atoms. The minimum absolute atomic E-state index is 0.0541. The van der Waals surface area contributed by atoms with Crippen LogP contribution in [0.25, 0.3) is 22.1 Å². The quantitative estimate of drug-likeness (QED) is 0.336. The molecule has 0 N–H and O–H groups in total. The van der Waals surface area contributed by atoms with Crippen LogP contribution >= 0.6 is 0 Å². The molecule has 0 amide bonds. The van der Waals surface area contributed by atoms with Gasteiger partial charge in [-0.2, -0.15) is 0 Å². The normalized spacial score (nSPS) is 10.5. The summed E-state index contributed by atoms with van der Waals surface area (Å²) in [6.07, 6.45) is 0. The molecule has 0 atom stereocenters. The van der Waals surface area contributed by atoms with Gasteiger partial charge in [0.1, 0.15) is 23.7 Å². The van der Waals surface area contributed by atoms with Crippen LogP contribution < -0.4 is 4.74 Å². The molecule has 0 aliphatic carbocycles. The van der Waals surface area contributed by atoms with Gasteiger partial charge in [0.05, 0.1) is 0 Å². The molecule has 1 heterocycles. The maximum atomic E-state index is 11.6. The number of furan rings is 1. The van der Waals surface area contributed by atoms with E-state index in [0.29, 0.717) is 28.2 Å². The number of benzene rings is 2. The van der Waals surface area contributed by atoms with Crippen molar-refractivity contribution in [3.8, 4) is 16.9 Å². The molecule has 0 bridgehead atoms. The van der Waals surface area contributed by atoms with Crippen molar-refractivity contribution in [3.05, 3.63) is 78.6 Å². The van der Waals surface area contributed by atoms with Crippen molar-refractivity contribution in [1.82, 2.24) is 0 Å². The fraction of sp³-hybridized carbons (Fsp3) is 0.130. The molecule has 5 nitrogen and oxygen atoms in total. The summed E-state index contributed by atoms with van der Waals surface area (Å²) in [5.74, 6) is 0.118. The summed E-state index contributed by atoms with van der Waals surface area (Å²) in [6, 6.07) is 14.8. The lowest BCUT2D eigenvalue weighted by Crippen LogP contribution is -2.07. The first-order chi connectivity index (χ1) is 13.3. The minimum atomic E-state index is -0.451. The van der Waals surface area contributed by atoms with Gasteiger partial charge in [0.25, 0.3) is 0 Å². The molecule has 2 aromatic carbocycles. The van der Waals surface area contributed by atoms with E-state index in [0.717, 1.165) is 16.5 Å². The van der Waals surface area contributed by atoms with Crippen molar-refractivity contribution >= 4 is 22.9 Å². The van der Waals surface area contributed by atoms with Crippen LogP contribution in [0.4, 0.5) is 0 Å². The van der Waals surface area contributed by atoms with Gasteiger partial charge in [0.15, 0.2) is 0 Å². The van der Waals surface area contributed by atoms with Gasteiger partial charge in [-0.05, 0) is 55.3 Å². The van der Waals surface area contributed by atoms with Crippen molar-refractivity contribution in [3.63, 3.8) is 0 Å². The van der Waals surface area contributed by atoms with Crippen LogP contribution in [-0.4, -0.2) is 11.9 Å². The first-order valence-corrected chi connectivity index (χ1v) is 8.66. The van der Waals surface area contributed by atoms with Gasteiger partial charge in [-0.15, -0.1) is 0 Å². The second kappa shape index (κ2) is 7.96. The predicted molar refractivity (Wildman–Crippen MR) is 107 cm³/mol. The molecule has 0 fully saturated rings. The zero-order valence-corrected chi connectivity index (χ0v) is 15.8. The van der Waals surface area contributed by atoms with Crippen LogP contribution in [0.5, 0.6) is 5.75 Å². The average molecular weight is 376 g/mol. The fourth-order valence-electron chi connectivity index (χ4n) is 2.52. The number of ether oxygens (including phenoxy) is 2. The molecule has 0 saturated heterocycles. The Morgan fingerprint density at radius 2 is 1.54 bits per heavy atom. The number of rotatable bonds is 6. The second-order valence-corrected chi connectivity index (χ2v) is 6.52. The molecule has 3 rings (SSSR count). The van der Waals surface area contributed by atoms with Gasteiger partial charge < -0.3 is 13.9 Å². The standard InChI is InChI=1S/C23H20O5/c1-14(2)22(24)26-13-20-12-18-11-17(7-10-21(18)27-20)16-5-8-19(9-6-16)28-23(25)15(3)4/h5-12H,1,3,13H2,2,4H3. The van der Waals surface area contributed by atoms with Crippen LogP contribution in [0.15, 0.2) is 77.3 Å². The van der Waals surface area contributed by atoms with Gasteiger partial charge in [-0.1, -0.05) is 31.4 Å². The maximum Gasteiger partial charge on any atom is 0.338 e. The van der Waals surface area contributed by atoms with Gasteiger partial charge >= 0.3 is 11.9 Å². The monoisotopic (exact) mass is 376 g/mol. The largest absolute Gasteiger partial charge is 0.457 e. The van der Waals surface area contributed by atoms with E-state index in [1.807, 2.05) is 36.4 Å². The van der Waals surface area contributed by atoms with Crippen molar-refractivity contribution in [2.75, 3.05) is 0 Å². The van der Waals surface area contributed by atoms with E-state index in [9.17, 15) is 9.59 Å². The summed E-state index contributed by atoms with van der Waals surface area (Å²) < 4.78 is 16.0. The Balaban J connectivity index is 1.76. The van der Waals surface area contributed by atoms with Crippen LogP contribution in [0.1, 0.15) is 19.6 Å². The minimum Gasteiger partial charge on any atom is -0.457 e. The molecule has 1 aromatic heterocycles. The Kier molecular flexibility index (Phi) is 5.45. The summed E-state index contributed by atoms with van der Waals surface area (Å²) in [6.45, 7) is 10.4. The highest BCUT2D eigenvalue weighted by Crippen LogP contribution is 2.28. The summed E-state index contributed by atoms with van der Waals surface area (Å²) in [5.41, 5.74) is 3.34. The first kappa shape index (κ1) is 19.2. The average Bonchev–Trinajstić information content (AvgIpc) is 3.08. The number of hydrogen-bond acceptors (Lipinski definition) is 5. The number of hydrogen-bond donors (Lipinski definition) is 0. The number of carbonyl (C=O) groups is 2. The molecule has 0 radical (unpaired) electrons. The second-order valence-electron chi connectivity index (χ2n) is 6.52. The van der Waals surface area contributed by atoms with E-state index in [4.69, 9.17) is 13.9 Å². The van der Waals surface area contributed by atoms with Crippen molar-refractivity contribution < 1.29 is 23.5 Å². The van der Waals surface area contributed by atoms with Gasteiger partial charge in [0, 0.05) is 16.5 Å². The Morgan fingerprint density at radius 1 is 0.893 bits per heavy atom. The van der Waals surface area contributed by atoms with Crippen LogP contribution in [0, 0.1) is 0 Å². The van der Waals surface area contributed by atoms with Crippen molar-refractivity contribution in [2.45, 2.75) is 20.5 Å². The fourth-order valence-corrected chi connectivity index (χ4v) is 2.52. The molecule has 142 valence electrons. The van der Waals surface area contributed by atoms with Crippen LogP contribution in [0.3, 0.4) is 0 Å². The lowest BCUT2D eigenvalue weighted by atomic mass is 10.0. The van der Waals surface area contributed by atoms with Crippen molar-refractivity contribution in [1.29, 1.82) is 0 Å². The highest BCUT2D eigenvalue weighted by molar-refractivity contribution is 5.89. The third kappa shape index (κ3) is 4.38. The molecule has 0 unspecified atom stereocenters. The smallest absolute Gasteiger partial charge is 0.338 e. The summed E-state index contributed by atoms with van der Waals surface area (Å²) in [4.78, 5) is 23.1. The van der Waals surface area contributed by atoms with Gasteiger partial charge in [0.2, 0.25) is 0 Å². The first-order valence-electron chi connectivity index (χ1n) is 8.66. The van der Waals surface area contributed by atoms with Crippen LogP contribution in [-0.2, 0) is 20.9 Å². The molecule has 3 aromatic rings. The van der Waals surface area contributed by atoms with E-state index in [2.05, 4.69) is 13.2 Å². The number of esters is 2. The number of fused-ring (bicyclic) bond motifs is 1. The lowest BCUT2D eigenvalue weighted by Gasteiger charge is -2.06. The third-order valence-corrected chi connectivity index (χ3v) is 4.01. The predicted octanol–water partition coefficient (Wildman–Crippen LogP) is 5.20. The SMILES string of the molecule is C=C(C)C(=O)OCc1cc2cc(-c3ccc(OC(=O)C(=C)C)cc3)ccc2o1. The molecular weight excluding hydrogens is 356 g/mol. The Hall–Kier alpha value is -3.60. The highest BCUT2D eigenvalue weighted by atomic mass is 16.5. The molecule has 5 heteroatoms. The lowest BCUT2D eigenvalue weighted by molar-refractivity contribution is -0.140. The molecule has 0 aliphatic heterocycles. The molecular formula is C23H20O5. The third-order valence-electron chi connectivity index (χ3n) is 4.01. The maximum absolute atomic E-state index is 11.6. The van der Waals surface area contributed by atoms with E-state index in [1.165, 1.54) is 0 Å². The molecule has 0 spiro atoms. The van der Waals surface area contributed by atoms with Crippen molar-refractivity contribution in [2.24, 2.45) is 0 Å². The van der Waals surface area contributed by atoms with E-state index in [1.54, 1.807) is 26.0 Å². The summed E-state index contributed by atoms with van der Waals surface area (Å²) in [5, 5.41) is 0.900.